The second-order valence-electron chi connectivity index (χ2n) is 8.62. The number of anilines is 1. The van der Waals surface area contributed by atoms with Gasteiger partial charge in [-0.2, -0.15) is 0 Å². The molecule has 0 aliphatic carbocycles. The Balaban J connectivity index is 1.34. The van der Waals surface area contributed by atoms with Crippen molar-refractivity contribution in [1.82, 2.24) is 19.9 Å². The van der Waals surface area contributed by atoms with Crippen LogP contribution in [0.15, 0.2) is 53.3 Å². The molecule has 0 radical (unpaired) electrons. The average molecular weight is 422 g/mol. The quantitative estimate of drug-likeness (QED) is 0.584. The first-order chi connectivity index (χ1) is 15.0. The van der Waals surface area contributed by atoms with Crippen molar-refractivity contribution < 1.29 is 4.74 Å². The predicted molar refractivity (Wildman–Crippen MR) is 124 cm³/mol. The third-order valence-corrected chi connectivity index (χ3v) is 5.62. The fourth-order valence-electron chi connectivity index (χ4n) is 4.18. The summed E-state index contributed by atoms with van der Waals surface area (Å²) < 4.78 is 7.50. The fourth-order valence-corrected chi connectivity index (χ4v) is 4.18. The number of aromatic nitrogens is 3. The van der Waals surface area contributed by atoms with Crippen LogP contribution in [-0.2, 0) is 6.54 Å². The molecule has 0 saturated carbocycles. The number of nitrogens with zero attached hydrogens (tertiary/aromatic N) is 5. The van der Waals surface area contributed by atoms with Crippen LogP contribution in [0.3, 0.4) is 0 Å². The Labute approximate surface area is 183 Å². The van der Waals surface area contributed by atoms with E-state index in [2.05, 4.69) is 53.0 Å². The number of fused-ring (bicyclic) bond motifs is 1. The molecule has 1 aliphatic rings. The molecule has 1 aromatic heterocycles. The number of piperazine rings is 1. The summed E-state index contributed by atoms with van der Waals surface area (Å²) in [6, 6.07) is 15.7. The standard InChI is InChI=1S/C24H31N5O2/c1-18(2)31-23-11-7-6-10-22(23)28-14-12-27(13-15-28)16-19(3)17-29-24(30)20-8-4-5-9-21(20)25-26-29/h4-11,18-19H,12-17H2,1-3H3. The molecule has 1 atom stereocenters. The number of hydrogen-bond acceptors (Lipinski definition) is 6. The Morgan fingerprint density at radius 1 is 0.935 bits per heavy atom. The minimum atomic E-state index is -0.0657. The van der Waals surface area contributed by atoms with Crippen LogP contribution in [0.2, 0.25) is 0 Å². The maximum Gasteiger partial charge on any atom is 0.277 e. The molecule has 7 nitrogen and oxygen atoms in total. The SMILES string of the molecule is CC(CN1CCN(c2ccccc2OC(C)C)CC1)Cn1nnc2ccccc2c1=O. The number of ether oxygens (including phenoxy) is 1. The van der Waals surface area contributed by atoms with Gasteiger partial charge >= 0.3 is 0 Å². The third-order valence-electron chi connectivity index (χ3n) is 5.62. The Morgan fingerprint density at radius 2 is 1.65 bits per heavy atom. The van der Waals surface area contributed by atoms with E-state index in [1.54, 1.807) is 0 Å². The molecule has 0 spiro atoms. The van der Waals surface area contributed by atoms with Gasteiger partial charge in [0.15, 0.2) is 0 Å². The number of benzene rings is 2. The van der Waals surface area contributed by atoms with Crippen molar-refractivity contribution in [2.24, 2.45) is 5.92 Å². The zero-order valence-electron chi connectivity index (χ0n) is 18.6. The first-order valence-electron chi connectivity index (χ1n) is 11.1. The zero-order valence-corrected chi connectivity index (χ0v) is 18.6. The van der Waals surface area contributed by atoms with Gasteiger partial charge in [0.1, 0.15) is 11.3 Å². The first-order valence-corrected chi connectivity index (χ1v) is 11.1. The number of rotatable bonds is 7. The molecule has 0 bridgehead atoms. The van der Waals surface area contributed by atoms with E-state index in [0.717, 1.165) is 38.5 Å². The lowest BCUT2D eigenvalue weighted by molar-refractivity contribution is 0.208. The van der Waals surface area contributed by atoms with Crippen molar-refractivity contribution >= 4 is 16.6 Å². The van der Waals surface area contributed by atoms with E-state index < -0.39 is 0 Å². The van der Waals surface area contributed by atoms with Gasteiger partial charge in [-0.05, 0) is 44.0 Å². The number of para-hydroxylation sites is 2. The fraction of sp³-hybridized carbons (Fsp3) is 0.458. The van der Waals surface area contributed by atoms with Gasteiger partial charge in [-0.1, -0.05) is 36.4 Å². The van der Waals surface area contributed by atoms with Gasteiger partial charge in [-0.15, -0.1) is 5.10 Å². The van der Waals surface area contributed by atoms with E-state index in [1.165, 1.54) is 10.4 Å². The van der Waals surface area contributed by atoms with Crippen molar-refractivity contribution in [2.45, 2.75) is 33.4 Å². The lowest BCUT2D eigenvalue weighted by atomic mass is 10.1. The minimum Gasteiger partial charge on any atom is -0.489 e. The summed E-state index contributed by atoms with van der Waals surface area (Å²) in [5.74, 6) is 1.25. The summed E-state index contributed by atoms with van der Waals surface area (Å²) in [6.07, 6.45) is 0.157. The van der Waals surface area contributed by atoms with Gasteiger partial charge in [0.25, 0.3) is 5.56 Å². The predicted octanol–water partition coefficient (Wildman–Crippen LogP) is 3.04. The molecule has 0 N–H and O–H groups in total. The summed E-state index contributed by atoms with van der Waals surface area (Å²) in [5, 5.41) is 8.96. The molecule has 2 aromatic carbocycles. The third kappa shape index (κ3) is 5.05. The van der Waals surface area contributed by atoms with Crippen LogP contribution in [0, 0.1) is 5.92 Å². The van der Waals surface area contributed by atoms with Gasteiger partial charge in [-0.3, -0.25) is 9.69 Å². The van der Waals surface area contributed by atoms with E-state index in [-0.39, 0.29) is 11.7 Å². The number of hydrogen-bond donors (Lipinski definition) is 0. The van der Waals surface area contributed by atoms with Gasteiger partial charge in [0.05, 0.1) is 23.7 Å². The molecular weight excluding hydrogens is 390 g/mol. The van der Waals surface area contributed by atoms with E-state index in [1.807, 2.05) is 36.4 Å². The largest absolute Gasteiger partial charge is 0.489 e. The average Bonchev–Trinajstić information content (AvgIpc) is 2.76. The lowest BCUT2D eigenvalue weighted by Gasteiger charge is -2.37. The highest BCUT2D eigenvalue weighted by molar-refractivity contribution is 5.76. The van der Waals surface area contributed by atoms with Gasteiger partial charge in [0, 0.05) is 32.7 Å². The molecule has 1 fully saturated rings. The molecular formula is C24H31N5O2. The summed E-state index contributed by atoms with van der Waals surface area (Å²) in [4.78, 5) is 17.6. The molecule has 4 rings (SSSR count). The Bertz CT molecular complexity index is 1070. The highest BCUT2D eigenvalue weighted by Gasteiger charge is 2.21. The van der Waals surface area contributed by atoms with E-state index in [0.29, 0.717) is 23.4 Å². The Morgan fingerprint density at radius 3 is 2.42 bits per heavy atom. The molecule has 1 saturated heterocycles. The van der Waals surface area contributed by atoms with Gasteiger partial charge in [-0.25, -0.2) is 4.68 Å². The normalized spacial score (nSPS) is 16.1. The molecule has 164 valence electrons. The lowest BCUT2D eigenvalue weighted by Crippen LogP contribution is -2.48. The van der Waals surface area contributed by atoms with Crippen LogP contribution in [0.5, 0.6) is 5.75 Å². The van der Waals surface area contributed by atoms with E-state index >= 15 is 0 Å². The second-order valence-corrected chi connectivity index (χ2v) is 8.62. The van der Waals surface area contributed by atoms with Crippen molar-refractivity contribution in [1.29, 1.82) is 0 Å². The van der Waals surface area contributed by atoms with Crippen molar-refractivity contribution in [2.75, 3.05) is 37.6 Å². The van der Waals surface area contributed by atoms with Crippen molar-refractivity contribution in [3.63, 3.8) is 0 Å². The second kappa shape index (κ2) is 9.47. The molecule has 1 unspecified atom stereocenters. The van der Waals surface area contributed by atoms with Crippen LogP contribution in [0.1, 0.15) is 20.8 Å². The topological polar surface area (TPSA) is 63.5 Å². The van der Waals surface area contributed by atoms with Crippen LogP contribution >= 0.6 is 0 Å². The van der Waals surface area contributed by atoms with Crippen LogP contribution in [-0.4, -0.2) is 58.7 Å². The van der Waals surface area contributed by atoms with E-state index in [4.69, 9.17) is 4.74 Å². The van der Waals surface area contributed by atoms with Gasteiger partial charge in [0.2, 0.25) is 0 Å². The molecule has 1 aliphatic heterocycles. The van der Waals surface area contributed by atoms with E-state index in [9.17, 15) is 4.79 Å². The van der Waals surface area contributed by atoms with Gasteiger partial charge < -0.3 is 9.64 Å². The smallest absolute Gasteiger partial charge is 0.277 e. The molecule has 3 aromatic rings. The summed E-state index contributed by atoms with van der Waals surface area (Å²) in [5.41, 5.74) is 1.75. The maximum atomic E-state index is 12.7. The van der Waals surface area contributed by atoms with Crippen molar-refractivity contribution in [3.05, 3.63) is 58.9 Å². The summed E-state index contributed by atoms with van der Waals surface area (Å²) >= 11 is 0. The Kier molecular flexibility index (Phi) is 6.51. The molecule has 31 heavy (non-hydrogen) atoms. The first kappa shape index (κ1) is 21.3. The highest BCUT2D eigenvalue weighted by Crippen LogP contribution is 2.29. The summed E-state index contributed by atoms with van der Waals surface area (Å²) in [6.45, 7) is 11.7. The van der Waals surface area contributed by atoms with Crippen molar-refractivity contribution in [3.8, 4) is 5.75 Å². The molecule has 0 amide bonds. The summed E-state index contributed by atoms with van der Waals surface area (Å²) in [7, 11) is 0. The van der Waals surface area contributed by atoms with Crippen LogP contribution < -0.4 is 15.2 Å². The zero-order chi connectivity index (χ0) is 21.8. The van der Waals surface area contributed by atoms with Crippen LogP contribution in [0.25, 0.3) is 10.9 Å². The molecule has 7 heteroatoms. The van der Waals surface area contributed by atoms with Crippen LogP contribution in [0.4, 0.5) is 5.69 Å². The monoisotopic (exact) mass is 421 g/mol. The Hall–Kier alpha value is -2.93. The minimum absolute atomic E-state index is 0.0657. The molecule has 2 heterocycles. The maximum absolute atomic E-state index is 12.7. The highest BCUT2D eigenvalue weighted by atomic mass is 16.5.